The molecule has 0 radical (unpaired) electrons. The van der Waals surface area contributed by atoms with Gasteiger partial charge in [-0.05, 0) is 44.9 Å². The third-order valence-corrected chi connectivity index (χ3v) is 4.05. The van der Waals surface area contributed by atoms with E-state index in [1.807, 2.05) is 27.0 Å². The number of amides is 1. The van der Waals surface area contributed by atoms with Crippen molar-refractivity contribution in [2.24, 2.45) is 0 Å². The number of nitrogens with zero attached hydrogens (tertiary/aromatic N) is 5. The van der Waals surface area contributed by atoms with Crippen molar-refractivity contribution in [3.63, 3.8) is 0 Å². The molecular weight excluding hydrogens is 420 g/mol. The standard InChI is InChI=1S/C21H21ClN6O3/c1-21(2,3)31-20(29)24-8-7-14-11-26-28(13-14)17-6-5-15(23-4)9-18(17)30-16-10-19(22)27-25-12-16/h5-6,9-13H,7-8H2,1-3H3,(H,24,29). The monoisotopic (exact) mass is 440 g/mol. The zero-order chi connectivity index (χ0) is 22.4. The number of nitrogens with one attached hydrogen (secondary N) is 1. The Hall–Kier alpha value is -3.64. The number of aromatic nitrogens is 4. The van der Waals surface area contributed by atoms with Crippen LogP contribution in [0.5, 0.6) is 11.5 Å². The molecule has 1 aromatic carbocycles. The van der Waals surface area contributed by atoms with Gasteiger partial charge >= 0.3 is 6.09 Å². The van der Waals surface area contributed by atoms with Crippen molar-refractivity contribution in [3.8, 4) is 17.2 Å². The first kappa shape index (κ1) is 22.1. The van der Waals surface area contributed by atoms with Gasteiger partial charge < -0.3 is 14.8 Å². The van der Waals surface area contributed by atoms with E-state index in [0.717, 1.165) is 5.56 Å². The van der Waals surface area contributed by atoms with Crippen LogP contribution in [-0.2, 0) is 11.2 Å². The Balaban J connectivity index is 1.73. The van der Waals surface area contributed by atoms with E-state index in [1.165, 1.54) is 12.3 Å². The molecule has 3 rings (SSSR count). The van der Waals surface area contributed by atoms with Crippen molar-refractivity contribution in [3.05, 3.63) is 65.0 Å². The molecule has 9 nitrogen and oxygen atoms in total. The van der Waals surface area contributed by atoms with Crippen LogP contribution in [0.3, 0.4) is 0 Å². The van der Waals surface area contributed by atoms with E-state index >= 15 is 0 Å². The van der Waals surface area contributed by atoms with Crippen LogP contribution in [0.25, 0.3) is 10.5 Å². The minimum Gasteiger partial charge on any atom is -0.455 e. The number of ether oxygens (including phenoxy) is 2. The van der Waals surface area contributed by atoms with E-state index in [1.54, 1.807) is 29.1 Å². The number of hydrogen-bond donors (Lipinski definition) is 1. The molecule has 0 spiro atoms. The molecule has 2 aromatic heterocycles. The summed E-state index contributed by atoms with van der Waals surface area (Å²) in [7, 11) is 0. The smallest absolute Gasteiger partial charge is 0.407 e. The lowest BCUT2D eigenvalue weighted by Gasteiger charge is -2.19. The molecule has 10 heteroatoms. The molecule has 31 heavy (non-hydrogen) atoms. The van der Waals surface area contributed by atoms with Gasteiger partial charge in [0, 0.05) is 18.8 Å². The molecule has 0 fully saturated rings. The molecular formula is C21H21ClN6O3. The van der Waals surface area contributed by atoms with Gasteiger partial charge in [0.25, 0.3) is 0 Å². The van der Waals surface area contributed by atoms with E-state index in [-0.39, 0.29) is 5.15 Å². The predicted molar refractivity (Wildman–Crippen MR) is 115 cm³/mol. The Morgan fingerprint density at radius 2 is 2.10 bits per heavy atom. The highest BCUT2D eigenvalue weighted by Crippen LogP contribution is 2.32. The minimum absolute atomic E-state index is 0.194. The number of alkyl carbamates (subject to hydrolysis) is 1. The van der Waals surface area contributed by atoms with Gasteiger partial charge in [0.15, 0.2) is 16.6 Å². The van der Waals surface area contributed by atoms with E-state index in [9.17, 15) is 4.79 Å². The number of rotatable bonds is 6. The maximum Gasteiger partial charge on any atom is 0.407 e. The summed E-state index contributed by atoms with van der Waals surface area (Å²) in [5, 5.41) is 14.7. The largest absolute Gasteiger partial charge is 0.455 e. The van der Waals surface area contributed by atoms with E-state index in [2.05, 4.69) is 25.5 Å². The highest BCUT2D eigenvalue weighted by Gasteiger charge is 2.16. The highest BCUT2D eigenvalue weighted by molar-refractivity contribution is 6.29. The number of halogens is 1. The quantitative estimate of drug-likeness (QED) is 0.557. The fourth-order valence-corrected chi connectivity index (χ4v) is 2.75. The van der Waals surface area contributed by atoms with E-state index in [4.69, 9.17) is 27.6 Å². The van der Waals surface area contributed by atoms with Gasteiger partial charge in [0.1, 0.15) is 17.0 Å². The Morgan fingerprint density at radius 1 is 1.29 bits per heavy atom. The number of hydrogen-bond acceptors (Lipinski definition) is 6. The van der Waals surface area contributed by atoms with Gasteiger partial charge in [0.05, 0.1) is 19.0 Å². The summed E-state index contributed by atoms with van der Waals surface area (Å²) in [6.07, 6.45) is 5.06. The average Bonchev–Trinajstić information content (AvgIpc) is 3.15. The summed E-state index contributed by atoms with van der Waals surface area (Å²) < 4.78 is 12.8. The van der Waals surface area contributed by atoms with Gasteiger partial charge in [-0.25, -0.2) is 14.3 Å². The Kier molecular flexibility index (Phi) is 6.72. The predicted octanol–water partition coefficient (Wildman–Crippen LogP) is 4.73. The lowest BCUT2D eigenvalue weighted by atomic mass is 10.2. The van der Waals surface area contributed by atoms with Crippen LogP contribution in [0, 0.1) is 6.57 Å². The van der Waals surface area contributed by atoms with Crippen LogP contribution >= 0.6 is 11.6 Å². The summed E-state index contributed by atoms with van der Waals surface area (Å²) >= 11 is 5.88. The molecule has 0 unspecified atom stereocenters. The molecule has 0 aliphatic heterocycles. The Bertz CT molecular complexity index is 1120. The lowest BCUT2D eigenvalue weighted by molar-refractivity contribution is 0.0528. The third kappa shape index (κ3) is 6.42. The fraction of sp³-hybridized carbons (Fsp3) is 0.286. The summed E-state index contributed by atoms with van der Waals surface area (Å²) in [6.45, 7) is 13.1. The first-order valence-electron chi connectivity index (χ1n) is 9.42. The van der Waals surface area contributed by atoms with Crippen molar-refractivity contribution >= 4 is 23.4 Å². The summed E-state index contributed by atoms with van der Waals surface area (Å²) in [4.78, 5) is 15.2. The molecule has 1 amide bonds. The van der Waals surface area contributed by atoms with Crippen LogP contribution in [0.4, 0.5) is 10.5 Å². The molecule has 1 N–H and O–H groups in total. The molecule has 160 valence electrons. The van der Waals surface area contributed by atoms with Crippen LogP contribution < -0.4 is 10.1 Å². The van der Waals surface area contributed by atoms with Gasteiger partial charge in [-0.1, -0.05) is 17.7 Å². The van der Waals surface area contributed by atoms with Crippen LogP contribution in [0.15, 0.2) is 42.9 Å². The topological polar surface area (TPSA) is 95.5 Å². The van der Waals surface area contributed by atoms with Crippen LogP contribution in [0.1, 0.15) is 26.3 Å². The number of carbonyl (C=O) groups excluding carboxylic acids is 1. The molecule has 0 saturated heterocycles. The average molecular weight is 441 g/mol. The minimum atomic E-state index is -0.544. The molecule has 0 atom stereocenters. The van der Waals surface area contributed by atoms with Gasteiger partial charge in [0.2, 0.25) is 0 Å². The zero-order valence-corrected chi connectivity index (χ0v) is 18.1. The molecule has 0 aliphatic rings. The second kappa shape index (κ2) is 9.45. The maximum absolute atomic E-state index is 11.8. The number of benzene rings is 1. The summed E-state index contributed by atoms with van der Waals surface area (Å²) in [6, 6.07) is 6.56. The van der Waals surface area contributed by atoms with E-state index < -0.39 is 11.7 Å². The van der Waals surface area contributed by atoms with Crippen molar-refractivity contribution in [1.82, 2.24) is 25.3 Å². The molecule has 0 saturated carbocycles. The first-order chi connectivity index (χ1) is 14.7. The van der Waals surface area contributed by atoms with Crippen molar-refractivity contribution in [2.75, 3.05) is 6.54 Å². The van der Waals surface area contributed by atoms with E-state index in [0.29, 0.717) is 35.8 Å². The first-order valence-corrected chi connectivity index (χ1v) is 9.80. The van der Waals surface area contributed by atoms with Crippen molar-refractivity contribution < 1.29 is 14.3 Å². The summed E-state index contributed by atoms with van der Waals surface area (Å²) in [5.74, 6) is 0.802. The second-order valence-electron chi connectivity index (χ2n) is 7.55. The maximum atomic E-state index is 11.8. The lowest BCUT2D eigenvalue weighted by Crippen LogP contribution is -2.33. The van der Waals surface area contributed by atoms with Crippen molar-refractivity contribution in [2.45, 2.75) is 32.8 Å². The fourth-order valence-electron chi connectivity index (χ4n) is 2.59. The molecule has 0 bridgehead atoms. The molecule has 3 aromatic rings. The zero-order valence-electron chi connectivity index (χ0n) is 17.3. The number of carbonyl (C=O) groups is 1. The van der Waals surface area contributed by atoms with Crippen LogP contribution in [-0.4, -0.2) is 38.2 Å². The second-order valence-corrected chi connectivity index (χ2v) is 7.94. The molecule has 2 heterocycles. The Morgan fingerprint density at radius 3 is 2.81 bits per heavy atom. The van der Waals surface area contributed by atoms with Gasteiger partial charge in [-0.3, -0.25) is 0 Å². The summed E-state index contributed by atoms with van der Waals surface area (Å²) in [5.41, 5.74) is 1.41. The SMILES string of the molecule is [C-]#[N+]c1ccc(-n2cc(CCNC(=O)OC(C)(C)C)cn2)c(Oc2cnnc(Cl)c2)c1. The van der Waals surface area contributed by atoms with Gasteiger partial charge in [-0.2, -0.15) is 10.2 Å². The molecule has 0 aliphatic carbocycles. The third-order valence-electron chi connectivity index (χ3n) is 3.86. The van der Waals surface area contributed by atoms with Crippen molar-refractivity contribution in [1.29, 1.82) is 0 Å². The highest BCUT2D eigenvalue weighted by atomic mass is 35.5. The van der Waals surface area contributed by atoms with Crippen LogP contribution in [0.2, 0.25) is 5.15 Å². The Labute approximate surface area is 184 Å². The normalized spacial score (nSPS) is 10.9. The van der Waals surface area contributed by atoms with Gasteiger partial charge in [-0.15, -0.1) is 5.10 Å².